The van der Waals surface area contributed by atoms with E-state index in [0.717, 1.165) is 21.9 Å². The van der Waals surface area contributed by atoms with Crippen LogP contribution in [0.3, 0.4) is 0 Å². The van der Waals surface area contributed by atoms with E-state index in [1.807, 2.05) is 84.9 Å². The molecule has 1 aromatic heterocycles. The summed E-state index contributed by atoms with van der Waals surface area (Å²) in [5.74, 6) is -6.92. The number of oxazole rings is 1. The van der Waals surface area contributed by atoms with Crippen LogP contribution in [0.4, 0.5) is 0 Å². The number of carboxylic acid groups (broad SMARTS) is 2. The van der Waals surface area contributed by atoms with Crippen LogP contribution in [0, 0.1) is 11.8 Å². The lowest BCUT2D eigenvalue weighted by Gasteiger charge is -2.37. The number of aliphatic hydroxyl groups excluding tert-OH is 1. The van der Waals surface area contributed by atoms with Gasteiger partial charge in [-0.3, -0.25) is 14.4 Å². The van der Waals surface area contributed by atoms with Crippen LogP contribution in [0.1, 0.15) is 36.3 Å². The Kier molecular flexibility index (Phi) is 9.40. The van der Waals surface area contributed by atoms with Crippen molar-refractivity contribution < 1.29 is 43.6 Å². The number of hydrogen-bond donors (Lipinski definition) is 3. The molecular weight excluding hydrogens is 616 g/mol. The van der Waals surface area contributed by atoms with Crippen LogP contribution >= 0.6 is 0 Å². The molecule has 11 heteroatoms. The largest absolute Gasteiger partial charge is 0.481 e. The summed E-state index contributed by atoms with van der Waals surface area (Å²) >= 11 is 0. The van der Waals surface area contributed by atoms with Gasteiger partial charge in [0.1, 0.15) is 11.4 Å². The smallest absolute Gasteiger partial charge is 0.317 e. The minimum atomic E-state index is -2.02. The Morgan fingerprint density at radius 3 is 2.40 bits per heavy atom. The predicted octanol–water partition coefficient (Wildman–Crippen LogP) is 5.71. The average molecular weight is 651 g/mol. The number of aliphatic hydroxyl groups is 1. The summed E-state index contributed by atoms with van der Waals surface area (Å²) < 4.78 is 17.0. The number of aromatic nitrogens is 1. The van der Waals surface area contributed by atoms with E-state index in [9.17, 15) is 29.7 Å². The number of nitrogens with zero attached hydrogens (tertiary/aromatic N) is 2. The first-order valence-corrected chi connectivity index (χ1v) is 15.5. The van der Waals surface area contributed by atoms with Gasteiger partial charge in [-0.15, -0.1) is 0 Å². The van der Waals surface area contributed by atoms with Crippen molar-refractivity contribution in [3.63, 3.8) is 0 Å². The molecule has 0 bridgehead atoms. The maximum atomic E-state index is 14.3. The Bertz CT molecular complexity index is 1970. The molecule has 0 fully saturated rings. The molecule has 0 saturated carbocycles. The number of rotatable bonds is 13. The van der Waals surface area contributed by atoms with Gasteiger partial charge in [-0.2, -0.15) is 0 Å². The fourth-order valence-electron chi connectivity index (χ4n) is 6.16. The third-order valence-corrected chi connectivity index (χ3v) is 8.76. The molecule has 11 nitrogen and oxygen atoms in total. The van der Waals surface area contributed by atoms with Gasteiger partial charge >= 0.3 is 11.9 Å². The molecule has 4 aromatic carbocycles. The molecular formula is C37H34N2O9. The Morgan fingerprint density at radius 1 is 0.896 bits per heavy atom. The molecule has 1 aliphatic heterocycles. The number of allylic oxidation sites excluding steroid dienone is 1. The number of hydrogen-bond acceptors (Lipinski definition) is 8. The van der Waals surface area contributed by atoms with Crippen LogP contribution in [-0.4, -0.2) is 62.5 Å². The van der Waals surface area contributed by atoms with Crippen molar-refractivity contribution in [2.45, 2.75) is 31.8 Å². The SMILES string of the molecule is C[C@H]([C@H](CC=Cc1nc2ccccc2o1)c1ccc2c(c1)OCO2)N(Cc1ccc2ccccc2c1)C(=O)[C@@H](C(=O)O)[C@@H](CO)C(=O)O. The number of carboxylic acids is 2. The van der Waals surface area contributed by atoms with E-state index in [2.05, 4.69) is 4.98 Å². The molecule has 3 N–H and O–H groups in total. The Balaban J connectivity index is 1.40. The fraction of sp³-hybridized carbons (Fsp3) is 0.243. The molecule has 1 amide bonds. The average Bonchev–Trinajstić information content (AvgIpc) is 3.73. The van der Waals surface area contributed by atoms with Crippen LogP contribution in [-0.2, 0) is 20.9 Å². The van der Waals surface area contributed by atoms with Crippen molar-refractivity contribution >= 4 is 45.8 Å². The molecule has 0 radical (unpaired) electrons. The van der Waals surface area contributed by atoms with Gasteiger partial charge in [0.2, 0.25) is 18.6 Å². The number of carbonyl (C=O) groups excluding carboxylic acids is 1. The molecule has 0 spiro atoms. The van der Waals surface area contributed by atoms with Crippen LogP contribution in [0.25, 0.3) is 27.9 Å². The van der Waals surface area contributed by atoms with Crippen LogP contribution in [0.15, 0.2) is 95.4 Å². The zero-order chi connectivity index (χ0) is 33.8. The van der Waals surface area contributed by atoms with Crippen LogP contribution in [0.2, 0.25) is 0 Å². The molecule has 0 saturated heterocycles. The number of benzene rings is 4. The molecule has 0 unspecified atom stereocenters. The number of fused-ring (bicyclic) bond motifs is 3. The molecule has 48 heavy (non-hydrogen) atoms. The van der Waals surface area contributed by atoms with Crippen LogP contribution < -0.4 is 9.47 Å². The summed E-state index contributed by atoms with van der Waals surface area (Å²) in [6, 6.07) is 25.6. The second-order valence-electron chi connectivity index (χ2n) is 11.7. The fourth-order valence-corrected chi connectivity index (χ4v) is 6.16. The monoisotopic (exact) mass is 650 g/mol. The zero-order valence-electron chi connectivity index (χ0n) is 26.1. The summed E-state index contributed by atoms with van der Waals surface area (Å²) in [5.41, 5.74) is 2.86. The molecule has 5 aromatic rings. The van der Waals surface area contributed by atoms with Gasteiger partial charge in [0.05, 0.1) is 6.61 Å². The van der Waals surface area contributed by atoms with Crippen molar-refractivity contribution in [2.75, 3.05) is 13.4 Å². The molecule has 0 aliphatic carbocycles. The summed E-state index contributed by atoms with van der Waals surface area (Å²) in [6.45, 7) is 0.841. The second-order valence-corrected chi connectivity index (χ2v) is 11.7. The van der Waals surface area contributed by atoms with Crippen molar-refractivity contribution in [2.24, 2.45) is 11.8 Å². The van der Waals surface area contributed by atoms with E-state index in [1.165, 1.54) is 4.90 Å². The van der Waals surface area contributed by atoms with Crippen molar-refractivity contribution in [1.29, 1.82) is 0 Å². The van der Waals surface area contributed by atoms with E-state index in [4.69, 9.17) is 13.9 Å². The topological polar surface area (TPSA) is 160 Å². The predicted molar refractivity (Wildman–Crippen MR) is 176 cm³/mol. The third kappa shape index (κ3) is 6.72. The third-order valence-electron chi connectivity index (χ3n) is 8.76. The van der Waals surface area contributed by atoms with E-state index < -0.39 is 48.2 Å². The first-order chi connectivity index (χ1) is 23.2. The standard InChI is InChI=1S/C37H34N2O9/c1-22(27(26-15-16-31-32(18-26)47-21-46-31)9-6-12-33-38-29-10-4-5-11-30(29)48-33)39(35(41)34(37(44)45)28(20-40)36(42)43)19-23-13-14-24-7-2-3-8-25(24)17-23/h2-8,10-18,22,27-28,34,40H,9,19-21H2,1H3,(H,42,43)(H,44,45)/t22-,27+,28-,34+/m1/s1. The normalized spacial score (nSPS) is 15.0. The van der Waals surface area contributed by atoms with E-state index >= 15 is 0 Å². The molecule has 4 atom stereocenters. The summed E-state index contributed by atoms with van der Waals surface area (Å²) in [6.07, 6.45) is 3.98. The maximum absolute atomic E-state index is 14.3. The first kappa shape index (κ1) is 32.3. The lowest BCUT2D eigenvalue weighted by atomic mass is 9.85. The van der Waals surface area contributed by atoms with Gasteiger partial charge < -0.3 is 34.1 Å². The summed E-state index contributed by atoms with van der Waals surface area (Å²) in [7, 11) is 0. The summed E-state index contributed by atoms with van der Waals surface area (Å²) in [4.78, 5) is 44.7. The number of aliphatic carboxylic acids is 2. The lowest BCUT2D eigenvalue weighted by molar-refractivity contribution is -0.164. The highest BCUT2D eigenvalue weighted by Gasteiger charge is 2.43. The Hall–Kier alpha value is -5.68. The zero-order valence-corrected chi connectivity index (χ0v) is 26.1. The summed E-state index contributed by atoms with van der Waals surface area (Å²) in [5, 5.41) is 31.7. The van der Waals surface area contributed by atoms with Crippen molar-refractivity contribution in [3.05, 3.63) is 108 Å². The van der Waals surface area contributed by atoms with Gasteiger partial charge in [0.25, 0.3) is 0 Å². The van der Waals surface area contributed by atoms with E-state index in [0.29, 0.717) is 34.9 Å². The van der Waals surface area contributed by atoms with Gasteiger partial charge in [0.15, 0.2) is 23.0 Å². The highest BCUT2D eigenvalue weighted by Crippen LogP contribution is 2.38. The Morgan fingerprint density at radius 2 is 1.65 bits per heavy atom. The van der Waals surface area contributed by atoms with Gasteiger partial charge in [-0.05, 0) is 71.7 Å². The Labute approximate surface area is 275 Å². The lowest BCUT2D eigenvalue weighted by Crippen LogP contribution is -2.50. The first-order valence-electron chi connectivity index (χ1n) is 15.5. The molecule has 1 aliphatic rings. The van der Waals surface area contributed by atoms with Gasteiger partial charge in [-0.25, -0.2) is 4.98 Å². The highest BCUT2D eigenvalue weighted by molar-refractivity contribution is 6.01. The van der Waals surface area contributed by atoms with E-state index in [-0.39, 0.29) is 13.3 Å². The number of para-hydroxylation sites is 2. The molecule has 246 valence electrons. The van der Waals surface area contributed by atoms with E-state index in [1.54, 1.807) is 19.1 Å². The number of amides is 1. The van der Waals surface area contributed by atoms with Crippen LogP contribution in [0.5, 0.6) is 11.5 Å². The molecule has 6 rings (SSSR count). The molecule has 2 heterocycles. The minimum Gasteiger partial charge on any atom is -0.481 e. The van der Waals surface area contributed by atoms with Gasteiger partial charge in [0, 0.05) is 18.5 Å². The second kappa shape index (κ2) is 14.0. The van der Waals surface area contributed by atoms with Crippen molar-refractivity contribution in [1.82, 2.24) is 9.88 Å². The van der Waals surface area contributed by atoms with Crippen molar-refractivity contribution in [3.8, 4) is 11.5 Å². The number of carbonyl (C=O) groups is 3. The number of ether oxygens (including phenoxy) is 2. The maximum Gasteiger partial charge on any atom is 0.317 e. The highest BCUT2D eigenvalue weighted by atomic mass is 16.7. The minimum absolute atomic E-state index is 0.0116. The quantitative estimate of drug-likeness (QED) is 0.135. The van der Waals surface area contributed by atoms with Gasteiger partial charge in [-0.1, -0.05) is 60.7 Å².